The lowest BCUT2D eigenvalue weighted by Gasteiger charge is -2.31. The van der Waals surface area contributed by atoms with Crippen LogP contribution in [-0.2, 0) is 13.0 Å². The minimum atomic E-state index is 0.355. The molecule has 5 heteroatoms. The van der Waals surface area contributed by atoms with Gasteiger partial charge in [0.25, 0.3) is 0 Å². The van der Waals surface area contributed by atoms with Gasteiger partial charge in [-0.25, -0.2) is 4.98 Å². The highest BCUT2D eigenvalue weighted by Crippen LogP contribution is 2.15. The van der Waals surface area contributed by atoms with Crippen molar-refractivity contribution in [3.8, 4) is 0 Å². The molecule has 1 atom stereocenters. The summed E-state index contributed by atoms with van der Waals surface area (Å²) in [4.78, 5) is 6.86. The van der Waals surface area contributed by atoms with Crippen molar-refractivity contribution in [1.82, 2.24) is 19.8 Å². The highest BCUT2D eigenvalue weighted by Gasteiger charge is 2.17. The first-order valence-corrected chi connectivity index (χ1v) is 8.29. The Kier molecular flexibility index (Phi) is 6.67. The van der Waals surface area contributed by atoms with Gasteiger partial charge in [-0.05, 0) is 38.8 Å². The largest absolute Gasteiger partial charge is 0.396 e. The SMILES string of the molecule is CCc1nccn1CC(C)NCCN1CCC(CO)CC1. The molecule has 2 heterocycles. The molecule has 0 radical (unpaired) electrons. The van der Waals surface area contributed by atoms with E-state index < -0.39 is 0 Å². The average molecular weight is 294 g/mol. The second-order valence-corrected chi connectivity index (χ2v) is 6.17. The van der Waals surface area contributed by atoms with Crippen LogP contribution < -0.4 is 5.32 Å². The molecule has 0 spiro atoms. The molecule has 0 aromatic carbocycles. The fourth-order valence-electron chi connectivity index (χ4n) is 3.04. The number of hydrogen-bond acceptors (Lipinski definition) is 4. The molecule has 1 saturated heterocycles. The Labute approximate surface area is 128 Å². The van der Waals surface area contributed by atoms with E-state index in [4.69, 9.17) is 5.11 Å². The van der Waals surface area contributed by atoms with Crippen LogP contribution in [0.3, 0.4) is 0 Å². The van der Waals surface area contributed by atoms with Crippen molar-refractivity contribution in [3.63, 3.8) is 0 Å². The second-order valence-electron chi connectivity index (χ2n) is 6.17. The maximum absolute atomic E-state index is 9.15. The molecule has 120 valence electrons. The summed E-state index contributed by atoms with van der Waals surface area (Å²) in [5, 5.41) is 12.8. The van der Waals surface area contributed by atoms with Crippen molar-refractivity contribution in [2.45, 2.75) is 45.7 Å². The molecule has 0 amide bonds. The van der Waals surface area contributed by atoms with E-state index in [0.29, 0.717) is 18.6 Å². The van der Waals surface area contributed by atoms with Crippen LogP contribution >= 0.6 is 0 Å². The van der Waals surface area contributed by atoms with Crippen LogP contribution in [0.15, 0.2) is 12.4 Å². The van der Waals surface area contributed by atoms with Gasteiger partial charge < -0.3 is 19.9 Å². The van der Waals surface area contributed by atoms with Crippen LogP contribution in [0.4, 0.5) is 0 Å². The number of aromatic nitrogens is 2. The Hall–Kier alpha value is -0.910. The summed E-state index contributed by atoms with van der Waals surface area (Å²) < 4.78 is 2.24. The summed E-state index contributed by atoms with van der Waals surface area (Å²) in [6, 6.07) is 0.458. The van der Waals surface area contributed by atoms with Crippen molar-refractivity contribution >= 4 is 0 Å². The topological polar surface area (TPSA) is 53.3 Å². The zero-order valence-corrected chi connectivity index (χ0v) is 13.5. The average Bonchev–Trinajstić information content (AvgIpc) is 2.95. The predicted octanol–water partition coefficient (Wildman–Crippen LogP) is 1.13. The Morgan fingerprint density at radius 1 is 1.43 bits per heavy atom. The number of imidazole rings is 1. The maximum Gasteiger partial charge on any atom is 0.108 e. The number of piperidine rings is 1. The van der Waals surface area contributed by atoms with E-state index in [1.807, 2.05) is 6.20 Å². The smallest absolute Gasteiger partial charge is 0.108 e. The van der Waals surface area contributed by atoms with Crippen LogP contribution in [0.1, 0.15) is 32.5 Å². The lowest BCUT2D eigenvalue weighted by Crippen LogP contribution is -2.41. The van der Waals surface area contributed by atoms with Crippen LogP contribution in [0, 0.1) is 5.92 Å². The number of likely N-dealkylation sites (tertiary alicyclic amines) is 1. The summed E-state index contributed by atoms with van der Waals surface area (Å²) in [7, 11) is 0. The zero-order chi connectivity index (χ0) is 15.1. The highest BCUT2D eigenvalue weighted by atomic mass is 16.3. The van der Waals surface area contributed by atoms with Crippen molar-refractivity contribution in [1.29, 1.82) is 0 Å². The molecule has 1 aliphatic heterocycles. The van der Waals surface area contributed by atoms with E-state index in [1.54, 1.807) is 0 Å². The third-order valence-electron chi connectivity index (χ3n) is 4.47. The molecule has 1 aromatic heterocycles. The first-order chi connectivity index (χ1) is 10.2. The third-order valence-corrected chi connectivity index (χ3v) is 4.47. The lowest BCUT2D eigenvalue weighted by molar-refractivity contribution is 0.131. The first-order valence-electron chi connectivity index (χ1n) is 8.29. The van der Waals surface area contributed by atoms with Gasteiger partial charge in [0.1, 0.15) is 5.82 Å². The molecule has 2 rings (SSSR count). The van der Waals surface area contributed by atoms with Gasteiger partial charge in [0, 0.05) is 51.1 Å². The van der Waals surface area contributed by atoms with Crippen molar-refractivity contribution in [2.24, 2.45) is 5.92 Å². The summed E-state index contributed by atoms with van der Waals surface area (Å²) in [6.07, 6.45) is 7.22. The molecular weight excluding hydrogens is 264 g/mol. The first kappa shape index (κ1) is 16.5. The molecule has 5 nitrogen and oxygen atoms in total. The Balaban J connectivity index is 1.62. The van der Waals surface area contributed by atoms with E-state index in [2.05, 4.69) is 39.8 Å². The number of nitrogens with one attached hydrogen (secondary N) is 1. The van der Waals surface area contributed by atoms with Gasteiger partial charge in [-0.2, -0.15) is 0 Å². The monoisotopic (exact) mass is 294 g/mol. The number of aliphatic hydroxyl groups excluding tert-OH is 1. The van der Waals surface area contributed by atoms with Crippen molar-refractivity contribution in [2.75, 3.05) is 32.8 Å². The molecule has 1 aromatic rings. The minimum Gasteiger partial charge on any atom is -0.396 e. The molecule has 1 unspecified atom stereocenters. The number of aliphatic hydroxyl groups is 1. The number of rotatable bonds is 8. The van der Waals surface area contributed by atoms with Gasteiger partial charge in [0.05, 0.1) is 0 Å². The van der Waals surface area contributed by atoms with Gasteiger partial charge in [-0.1, -0.05) is 6.92 Å². The van der Waals surface area contributed by atoms with Gasteiger partial charge >= 0.3 is 0 Å². The van der Waals surface area contributed by atoms with Gasteiger partial charge in [-0.3, -0.25) is 0 Å². The van der Waals surface area contributed by atoms with E-state index in [1.165, 1.54) is 0 Å². The highest BCUT2D eigenvalue weighted by molar-refractivity contribution is 4.92. The summed E-state index contributed by atoms with van der Waals surface area (Å²) in [6.45, 7) is 10.1. The van der Waals surface area contributed by atoms with Gasteiger partial charge in [0.15, 0.2) is 0 Å². The molecule has 1 aliphatic rings. The minimum absolute atomic E-state index is 0.355. The summed E-state index contributed by atoms with van der Waals surface area (Å²) >= 11 is 0. The van der Waals surface area contributed by atoms with Crippen LogP contribution in [0.25, 0.3) is 0 Å². The Morgan fingerprint density at radius 3 is 2.86 bits per heavy atom. The fourth-order valence-corrected chi connectivity index (χ4v) is 3.04. The molecule has 0 saturated carbocycles. The van der Waals surface area contributed by atoms with Gasteiger partial charge in [0.2, 0.25) is 0 Å². The predicted molar refractivity (Wildman–Crippen MR) is 85.3 cm³/mol. The number of nitrogens with zero attached hydrogens (tertiary/aromatic N) is 3. The van der Waals surface area contributed by atoms with E-state index in [9.17, 15) is 0 Å². The van der Waals surface area contributed by atoms with Gasteiger partial charge in [-0.15, -0.1) is 0 Å². The molecule has 0 bridgehead atoms. The van der Waals surface area contributed by atoms with Crippen LogP contribution in [0.2, 0.25) is 0 Å². The molecular formula is C16H30N4O. The molecule has 2 N–H and O–H groups in total. The lowest BCUT2D eigenvalue weighted by atomic mass is 9.98. The van der Waals surface area contributed by atoms with Crippen LogP contribution in [0.5, 0.6) is 0 Å². The maximum atomic E-state index is 9.15. The molecule has 0 aliphatic carbocycles. The van der Waals surface area contributed by atoms with E-state index in [-0.39, 0.29) is 0 Å². The number of hydrogen-bond donors (Lipinski definition) is 2. The third kappa shape index (κ3) is 5.09. The fraction of sp³-hybridized carbons (Fsp3) is 0.812. The van der Waals surface area contributed by atoms with E-state index >= 15 is 0 Å². The summed E-state index contributed by atoms with van der Waals surface area (Å²) in [5.41, 5.74) is 0. The Bertz CT molecular complexity index is 399. The second kappa shape index (κ2) is 8.51. The van der Waals surface area contributed by atoms with Crippen molar-refractivity contribution in [3.05, 3.63) is 18.2 Å². The zero-order valence-electron chi connectivity index (χ0n) is 13.5. The summed E-state index contributed by atoms with van der Waals surface area (Å²) in [5.74, 6) is 1.69. The molecule has 1 fully saturated rings. The Morgan fingerprint density at radius 2 is 2.19 bits per heavy atom. The standard InChI is InChI=1S/C16H30N4O/c1-3-16-18-7-11-20(16)12-14(2)17-6-10-19-8-4-15(13-21)5-9-19/h7,11,14-15,17,21H,3-6,8-10,12-13H2,1-2H3. The van der Waals surface area contributed by atoms with E-state index in [0.717, 1.165) is 57.8 Å². The van der Waals surface area contributed by atoms with Crippen molar-refractivity contribution < 1.29 is 5.11 Å². The number of aryl methyl sites for hydroxylation is 1. The van der Waals surface area contributed by atoms with Crippen LogP contribution in [-0.4, -0.2) is 58.4 Å². The quantitative estimate of drug-likeness (QED) is 0.755. The normalized spacial score (nSPS) is 19.0. The molecule has 21 heavy (non-hydrogen) atoms.